The molecule has 3 saturated heterocycles. The lowest BCUT2D eigenvalue weighted by atomic mass is 9.84. The molecule has 0 aromatic carbocycles. The molecule has 4 N–H and O–H groups in total. The second-order valence-electron chi connectivity index (χ2n) is 5.65. The molecule has 3 aliphatic heterocycles. The minimum atomic E-state index is -1.94. The Bertz CT molecular complexity index is 364. The maximum Gasteiger partial charge on any atom is 0.337 e. The summed E-state index contributed by atoms with van der Waals surface area (Å²) in [6.07, 6.45) is 2.19. The average Bonchev–Trinajstić information content (AvgIpc) is 2.38. The number of carboxylic acids is 1. The molecule has 2 bridgehead atoms. The summed E-state index contributed by atoms with van der Waals surface area (Å²) >= 11 is 0. The minimum absolute atomic E-state index is 0.122. The number of urea groups is 1. The van der Waals surface area contributed by atoms with E-state index in [0.717, 1.165) is 39.4 Å². The minimum Gasteiger partial charge on any atom is -0.479 e. The van der Waals surface area contributed by atoms with Crippen molar-refractivity contribution in [3.8, 4) is 0 Å². The van der Waals surface area contributed by atoms with Gasteiger partial charge in [-0.3, -0.25) is 0 Å². The van der Waals surface area contributed by atoms with E-state index in [9.17, 15) is 14.7 Å². The second-order valence-corrected chi connectivity index (χ2v) is 5.65. The SMILES string of the molecule is CC(O)(CNC(=O)NC1CN2CCC1CC2)C(=O)O. The number of rotatable bonds is 4. The molecule has 2 atom stereocenters. The molecule has 0 aromatic rings. The van der Waals surface area contributed by atoms with E-state index in [1.54, 1.807) is 0 Å². The number of hydrogen-bond donors (Lipinski definition) is 4. The van der Waals surface area contributed by atoms with E-state index < -0.39 is 17.6 Å². The highest BCUT2D eigenvalue weighted by molar-refractivity contribution is 5.79. The molecule has 3 aliphatic rings. The summed E-state index contributed by atoms with van der Waals surface area (Å²) in [5.41, 5.74) is -1.94. The van der Waals surface area contributed by atoms with Crippen LogP contribution in [0.2, 0.25) is 0 Å². The Hall–Kier alpha value is -1.34. The standard InChI is InChI=1S/C12H21N3O4/c1-12(19,10(16)17)7-13-11(18)14-9-6-15-4-2-8(9)3-5-15/h8-9,19H,2-7H2,1H3,(H,16,17)(H2,13,14,18). The van der Waals surface area contributed by atoms with Crippen LogP contribution in [0.15, 0.2) is 0 Å². The predicted molar refractivity (Wildman–Crippen MR) is 67.7 cm³/mol. The molecule has 0 saturated carbocycles. The summed E-state index contributed by atoms with van der Waals surface area (Å²) < 4.78 is 0. The van der Waals surface area contributed by atoms with Gasteiger partial charge in [0.25, 0.3) is 0 Å². The normalized spacial score (nSPS) is 32.4. The molecule has 7 nitrogen and oxygen atoms in total. The van der Waals surface area contributed by atoms with Crippen LogP contribution in [0.1, 0.15) is 19.8 Å². The zero-order valence-corrected chi connectivity index (χ0v) is 11.1. The van der Waals surface area contributed by atoms with Crippen molar-refractivity contribution >= 4 is 12.0 Å². The lowest BCUT2D eigenvalue weighted by molar-refractivity contribution is -0.155. The number of aliphatic carboxylic acids is 1. The summed E-state index contributed by atoms with van der Waals surface area (Å²) in [4.78, 5) is 24.7. The van der Waals surface area contributed by atoms with Gasteiger partial charge in [0.1, 0.15) is 0 Å². The van der Waals surface area contributed by atoms with E-state index in [1.807, 2.05) is 0 Å². The van der Waals surface area contributed by atoms with Crippen molar-refractivity contribution in [2.24, 2.45) is 5.92 Å². The second kappa shape index (κ2) is 5.34. The van der Waals surface area contributed by atoms with Gasteiger partial charge < -0.3 is 25.7 Å². The van der Waals surface area contributed by atoms with Crippen molar-refractivity contribution in [3.05, 3.63) is 0 Å². The lowest BCUT2D eigenvalue weighted by Crippen LogP contribution is -2.59. The number of carbonyl (C=O) groups is 2. The number of carbonyl (C=O) groups excluding carboxylic acids is 1. The first-order chi connectivity index (χ1) is 8.88. The lowest BCUT2D eigenvalue weighted by Gasteiger charge is -2.44. The molecule has 7 heteroatoms. The molecule has 0 spiro atoms. The third-order valence-electron chi connectivity index (χ3n) is 4.03. The molecular weight excluding hydrogens is 250 g/mol. The van der Waals surface area contributed by atoms with Crippen LogP contribution in [-0.4, -0.2) is 64.9 Å². The van der Waals surface area contributed by atoms with Crippen LogP contribution in [0.4, 0.5) is 4.79 Å². The number of aliphatic hydroxyl groups is 1. The van der Waals surface area contributed by atoms with Crippen molar-refractivity contribution in [3.63, 3.8) is 0 Å². The summed E-state index contributed by atoms with van der Waals surface area (Å²) in [6, 6.07) is -0.294. The Balaban J connectivity index is 1.77. The first-order valence-corrected chi connectivity index (χ1v) is 6.61. The third kappa shape index (κ3) is 3.36. The molecule has 2 amide bonds. The number of nitrogens with zero attached hydrogens (tertiary/aromatic N) is 1. The maximum absolute atomic E-state index is 11.7. The van der Waals surface area contributed by atoms with Gasteiger partial charge in [0.05, 0.1) is 6.54 Å². The van der Waals surface area contributed by atoms with Gasteiger partial charge in [0.15, 0.2) is 5.60 Å². The Morgan fingerprint density at radius 2 is 2.00 bits per heavy atom. The van der Waals surface area contributed by atoms with E-state index in [1.165, 1.54) is 0 Å². The van der Waals surface area contributed by atoms with Crippen LogP contribution in [0.3, 0.4) is 0 Å². The van der Waals surface area contributed by atoms with Gasteiger partial charge in [-0.1, -0.05) is 0 Å². The summed E-state index contributed by atoms with van der Waals surface area (Å²) in [5.74, 6) is -0.841. The van der Waals surface area contributed by atoms with Crippen LogP contribution < -0.4 is 10.6 Å². The monoisotopic (exact) mass is 271 g/mol. The Kier molecular flexibility index (Phi) is 3.96. The van der Waals surface area contributed by atoms with Crippen LogP contribution in [0.25, 0.3) is 0 Å². The topological polar surface area (TPSA) is 102 Å². The highest BCUT2D eigenvalue weighted by Crippen LogP contribution is 2.27. The van der Waals surface area contributed by atoms with E-state index >= 15 is 0 Å². The van der Waals surface area contributed by atoms with Crippen LogP contribution in [0, 0.1) is 5.92 Å². The summed E-state index contributed by atoms with van der Waals surface area (Å²) in [5, 5.41) is 23.5. The van der Waals surface area contributed by atoms with E-state index in [2.05, 4.69) is 15.5 Å². The van der Waals surface area contributed by atoms with E-state index in [4.69, 9.17) is 5.11 Å². The zero-order chi connectivity index (χ0) is 14.0. The summed E-state index contributed by atoms with van der Waals surface area (Å²) in [7, 11) is 0. The number of nitrogens with one attached hydrogen (secondary N) is 2. The zero-order valence-electron chi connectivity index (χ0n) is 11.1. The van der Waals surface area contributed by atoms with Crippen molar-refractivity contribution in [1.82, 2.24) is 15.5 Å². The van der Waals surface area contributed by atoms with Gasteiger partial charge in [0.2, 0.25) is 0 Å². The molecule has 108 valence electrons. The Morgan fingerprint density at radius 3 is 2.47 bits per heavy atom. The van der Waals surface area contributed by atoms with Gasteiger partial charge in [-0.2, -0.15) is 0 Å². The van der Waals surface area contributed by atoms with Crippen molar-refractivity contribution in [1.29, 1.82) is 0 Å². The highest BCUT2D eigenvalue weighted by Gasteiger charge is 2.35. The van der Waals surface area contributed by atoms with Gasteiger partial charge >= 0.3 is 12.0 Å². The van der Waals surface area contributed by atoms with Gasteiger partial charge in [-0.25, -0.2) is 9.59 Å². The number of amides is 2. The summed E-state index contributed by atoms with van der Waals surface area (Å²) in [6.45, 7) is 3.89. The van der Waals surface area contributed by atoms with Crippen LogP contribution in [-0.2, 0) is 4.79 Å². The fraction of sp³-hybridized carbons (Fsp3) is 0.833. The quantitative estimate of drug-likeness (QED) is 0.537. The molecule has 3 heterocycles. The van der Waals surface area contributed by atoms with E-state index in [0.29, 0.717) is 5.92 Å². The number of hydrogen-bond acceptors (Lipinski definition) is 4. The first-order valence-electron chi connectivity index (χ1n) is 6.61. The molecule has 3 rings (SSSR count). The first kappa shape index (κ1) is 14.1. The smallest absolute Gasteiger partial charge is 0.337 e. The number of carboxylic acid groups (broad SMARTS) is 1. The number of fused-ring (bicyclic) bond motifs is 3. The predicted octanol–water partition coefficient (Wildman–Crippen LogP) is -0.785. The molecule has 19 heavy (non-hydrogen) atoms. The molecule has 0 radical (unpaired) electrons. The van der Waals surface area contributed by atoms with Crippen molar-refractivity contribution in [2.75, 3.05) is 26.2 Å². The highest BCUT2D eigenvalue weighted by atomic mass is 16.4. The fourth-order valence-corrected chi connectivity index (χ4v) is 2.68. The van der Waals surface area contributed by atoms with Gasteiger partial charge in [-0.15, -0.1) is 0 Å². The molecule has 0 aromatic heterocycles. The maximum atomic E-state index is 11.7. The largest absolute Gasteiger partial charge is 0.479 e. The Labute approximate surface area is 112 Å². The average molecular weight is 271 g/mol. The van der Waals surface area contributed by atoms with E-state index in [-0.39, 0.29) is 12.6 Å². The van der Waals surface area contributed by atoms with Gasteiger partial charge in [0, 0.05) is 12.6 Å². The van der Waals surface area contributed by atoms with Crippen molar-refractivity contribution in [2.45, 2.75) is 31.4 Å². The molecule has 2 unspecified atom stereocenters. The molecular formula is C12H21N3O4. The van der Waals surface area contributed by atoms with Crippen LogP contribution >= 0.6 is 0 Å². The third-order valence-corrected chi connectivity index (χ3v) is 4.03. The number of piperidine rings is 3. The Morgan fingerprint density at radius 1 is 1.37 bits per heavy atom. The van der Waals surface area contributed by atoms with Gasteiger partial charge in [-0.05, 0) is 38.8 Å². The van der Waals surface area contributed by atoms with Crippen molar-refractivity contribution < 1.29 is 19.8 Å². The molecule has 0 aliphatic carbocycles. The molecule has 3 fully saturated rings. The van der Waals surface area contributed by atoms with Crippen LogP contribution in [0.5, 0.6) is 0 Å². The fourth-order valence-electron chi connectivity index (χ4n) is 2.68.